The zero-order chi connectivity index (χ0) is 48.6. The van der Waals surface area contributed by atoms with Crippen LogP contribution in [0.25, 0.3) is 5.52 Å². The van der Waals surface area contributed by atoms with Gasteiger partial charge in [-0.25, -0.2) is 14.1 Å². The molecule has 15 nitrogen and oxygen atoms in total. The summed E-state index contributed by atoms with van der Waals surface area (Å²) in [5.41, 5.74) is 7.32. The van der Waals surface area contributed by atoms with E-state index in [4.69, 9.17) is 54.6 Å². The fourth-order valence-electron chi connectivity index (χ4n) is 8.98. The van der Waals surface area contributed by atoms with E-state index in [0.29, 0.717) is 23.6 Å². The van der Waals surface area contributed by atoms with Gasteiger partial charge in [0, 0.05) is 6.61 Å². The molecule has 6 rings (SSSR count). The average molecular weight is 978 g/mol. The summed E-state index contributed by atoms with van der Waals surface area (Å²) in [6.45, 7) is 9.26. The molecule has 2 saturated heterocycles. The second-order valence-electron chi connectivity index (χ2n) is 18.5. The Morgan fingerprint density at radius 2 is 1.46 bits per heavy atom. The molecule has 2 aromatic carbocycles. The van der Waals surface area contributed by atoms with E-state index in [1.807, 2.05) is 13.0 Å². The highest BCUT2D eigenvalue weighted by Crippen LogP contribution is 2.54. The predicted octanol–water partition coefficient (Wildman–Crippen LogP) is 12.1. The van der Waals surface area contributed by atoms with Crippen LogP contribution in [0.2, 0.25) is 5.02 Å². The van der Waals surface area contributed by atoms with Crippen molar-refractivity contribution in [2.24, 2.45) is 0 Å². The first-order valence-electron chi connectivity index (χ1n) is 24.4. The number of benzene rings is 2. The van der Waals surface area contributed by atoms with E-state index in [2.05, 4.69) is 29.1 Å². The monoisotopic (exact) mass is 976 g/mol. The lowest BCUT2D eigenvalue weighted by atomic mass is 9.93. The summed E-state index contributed by atoms with van der Waals surface area (Å²) < 4.78 is 66.9. The van der Waals surface area contributed by atoms with Crippen molar-refractivity contribution in [1.82, 2.24) is 14.6 Å². The smallest absolute Gasteiger partial charge is 0.483 e. The number of nitrogens with two attached hydrogens (primary N) is 1. The number of nitrogens with zero attached hydrogens (tertiary/aromatic N) is 5. The molecule has 0 amide bonds. The minimum atomic E-state index is -4.59. The van der Waals surface area contributed by atoms with Crippen LogP contribution in [0.5, 0.6) is 11.5 Å². The Hall–Kier alpha value is -4.28. The molecule has 0 saturated carbocycles. The molecule has 0 bridgehead atoms. The molecule has 2 aliphatic rings. The molecule has 6 atom stereocenters. The molecule has 1 unspecified atom stereocenters. The second kappa shape index (κ2) is 25.5. The van der Waals surface area contributed by atoms with E-state index in [1.165, 1.54) is 89.8 Å². The van der Waals surface area contributed by atoms with Crippen molar-refractivity contribution < 1.29 is 41.8 Å². The number of nitriles is 2. The van der Waals surface area contributed by atoms with E-state index in [9.17, 15) is 15.1 Å². The van der Waals surface area contributed by atoms with Crippen molar-refractivity contribution in [1.29, 1.82) is 10.5 Å². The summed E-state index contributed by atoms with van der Waals surface area (Å²) in [5, 5.41) is 24.7. The number of halogens is 1. The van der Waals surface area contributed by atoms with Gasteiger partial charge < -0.3 is 33.9 Å². The van der Waals surface area contributed by atoms with Crippen LogP contribution in [0.4, 0.5) is 5.82 Å². The van der Waals surface area contributed by atoms with E-state index >= 15 is 0 Å². The maximum absolute atomic E-state index is 14.9. The number of aromatic nitrogens is 3. The Labute approximate surface area is 407 Å². The Morgan fingerprint density at radius 1 is 0.838 bits per heavy atom. The minimum Gasteiger partial charge on any atom is -0.483 e. The van der Waals surface area contributed by atoms with Gasteiger partial charge in [0.2, 0.25) is 0 Å². The molecular formula is C51H70ClN6O9P. The molecule has 4 heterocycles. The molecule has 2 fully saturated rings. The fraction of sp³-hybridized carbons (Fsp3) is 0.608. The second-order valence-corrected chi connectivity index (χ2v) is 20.5. The van der Waals surface area contributed by atoms with Crippen LogP contribution in [0.15, 0.2) is 54.9 Å². The third kappa shape index (κ3) is 14.4. The van der Waals surface area contributed by atoms with E-state index < -0.39 is 43.6 Å². The number of anilines is 1. The van der Waals surface area contributed by atoms with Crippen molar-refractivity contribution in [2.75, 3.05) is 32.2 Å². The third-order valence-electron chi connectivity index (χ3n) is 12.5. The number of hydrogen-bond acceptors (Lipinski definition) is 14. The first kappa shape index (κ1) is 53.1. The molecule has 0 aliphatic carbocycles. The van der Waals surface area contributed by atoms with Crippen LogP contribution in [0, 0.1) is 29.6 Å². The topological polar surface area (TPSA) is 195 Å². The van der Waals surface area contributed by atoms with Crippen molar-refractivity contribution in [2.45, 2.75) is 173 Å². The number of aryl methyl sites for hydroxylation is 1. The highest BCUT2D eigenvalue weighted by Gasteiger charge is 2.62. The maximum Gasteiger partial charge on any atom is 0.530 e. The highest BCUT2D eigenvalue weighted by atomic mass is 35.5. The summed E-state index contributed by atoms with van der Waals surface area (Å²) in [4.78, 5) is 4.12. The van der Waals surface area contributed by atoms with Gasteiger partial charge in [0.15, 0.2) is 17.4 Å². The molecule has 68 heavy (non-hydrogen) atoms. The first-order valence-corrected chi connectivity index (χ1v) is 26.3. The number of ether oxygens (including phenoxy) is 5. The Morgan fingerprint density at radius 3 is 2.07 bits per heavy atom. The Bertz CT molecular complexity index is 2340. The number of fused-ring (bicyclic) bond motifs is 2. The molecule has 0 spiro atoms. The lowest BCUT2D eigenvalue weighted by molar-refractivity contribution is -0.212. The normalized spacial score (nSPS) is 21.0. The van der Waals surface area contributed by atoms with Crippen LogP contribution in [0.1, 0.15) is 153 Å². The van der Waals surface area contributed by atoms with E-state index in [0.717, 1.165) is 24.8 Å². The largest absolute Gasteiger partial charge is 0.530 e. The minimum absolute atomic E-state index is 0.0120. The molecular weight excluding hydrogens is 907 g/mol. The molecule has 2 aliphatic heterocycles. The molecule has 370 valence electrons. The van der Waals surface area contributed by atoms with Crippen LogP contribution >= 0.6 is 19.4 Å². The predicted molar refractivity (Wildman–Crippen MR) is 260 cm³/mol. The quantitative estimate of drug-likeness (QED) is 0.0383. The summed E-state index contributed by atoms with van der Waals surface area (Å²) in [5.74, 6) is -0.574. The standard InChI is InChI=1S/C51H70ClN6O9P/c1-6-7-8-9-10-11-12-13-14-15-16-17-18-19-20-23-28-60-33-40(63-46-38(31-53)29-37(2)30-39(46)32-54)34-61-68(59,67-43-25-22-21-24-41(43)52)62-35-44-47-48(66-50(3,4)65-47)51(5,64-44)45-27-26-42-49(55)56-36-57-58(42)45/h21-22,24-27,29-30,36,40,44,47-48H,6-20,23,28,33-35H2,1-5H3,(H2,55,56,57)/t40-,44-,47-,48-,51+,68?/m1/s1. The van der Waals surface area contributed by atoms with Gasteiger partial charge in [-0.3, -0.25) is 9.05 Å². The number of phosphoric acid groups is 1. The number of nitrogen functional groups attached to an aromatic ring is 1. The van der Waals surface area contributed by atoms with Crippen molar-refractivity contribution >= 4 is 30.8 Å². The van der Waals surface area contributed by atoms with Gasteiger partial charge in [0.1, 0.15) is 59.7 Å². The third-order valence-corrected chi connectivity index (χ3v) is 14.2. The number of phosphoric ester groups is 1. The van der Waals surface area contributed by atoms with Crippen molar-refractivity contribution in [3.8, 4) is 23.6 Å². The van der Waals surface area contributed by atoms with Crippen LogP contribution < -0.4 is 15.0 Å². The maximum atomic E-state index is 14.9. The number of unbranched alkanes of at least 4 members (excludes halogenated alkanes) is 15. The molecule has 17 heteroatoms. The van der Waals surface area contributed by atoms with Crippen molar-refractivity contribution in [3.05, 3.63) is 82.3 Å². The fourth-order valence-corrected chi connectivity index (χ4v) is 10.5. The lowest BCUT2D eigenvalue weighted by Gasteiger charge is -2.31. The summed E-state index contributed by atoms with van der Waals surface area (Å²) in [7, 11) is -4.59. The SMILES string of the molecule is CCCCCCCCCCCCCCCCCCOC[C@H](COP(=O)(OC[C@H]1O[C@@](C)(c2ccc3c(N)ncnn23)[C@@H]2OC(C)(C)O[C@@H]21)Oc1ccccc1Cl)Oc1c(C#N)cc(C)cc1C#N. The van der Waals surface area contributed by atoms with Gasteiger partial charge in [-0.05, 0) is 76.1 Å². The van der Waals surface area contributed by atoms with Crippen LogP contribution in [-0.4, -0.2) is 71.2 Å². The summed E-state index contributed by atoms with van der Waals surface area (Å²) in [6, 6.07) is 17.7. The van der Waals surface area contributed by atoms with E-state index in [-0.39, 0.29) is 47.5 Å². The Kier molecular flexibility index (Phi) is 19.9. The molecule has 4 aromatic rings. The van der Waals surface area contributed by atoms with Gasteiger partial charge in [-0.1, -0.05) is 127 Å². The summed E-state index contributed by atoms with van der Waals surface area (Å²) in [6.07, 6.45) is 18.4. The van der Waals surface area contributed by atoms with Gasteiger partial charge >= 0.3 is 7.82 Å². The lowest BCUT2D eigenvalue weighted by Crippen LogP contribution is -2.39. The zero-order valence-electron chi connectivity index (χ0n) is 40.5. The molecule has 2 N–H and O–H groups in total. The number of hydrogen-bond donors (Lipinski definition) is 1. The van der Waals surface area contributed by atoms with Gasteiger partial charge in [-0.2, -0.15) is 15.6 Å². The molecule has 0 radical (unpaired) electrons. The number of para-hydroxylation sites is 1. The van der Waals surface area contributed by atoms with Crippen LogP contribution in [0.3, 0.4) is 0 Å². The van der Waals surface area contributed by atoms with Crippen LogP contribution in [-0.2, 0) is 38.2 Å². The Balaban J connectivity index is 1.09. The highest BCUT2D eigenvalue weighted by molar-refractivity contribution is 7.49. The van der Waals surface area contributed by atoms with Gasteiger partial charge in [-0.15, -0.1) is 0 Å². The zero-order valence-corrected chi connectivity index (χ0v) is 42.1. The molecule has 2 aromatic heterocycles. The summed E-state index contributed by atoms with van der Waals surface area (Å²) >= 11 is 6.51. The van der Waals surface area contributed by atoms with E-state index in [1.54, 1.807) is 67.8 Å². The average Bonchev–Trinajstić information content (AvgIpc) is 3.99. The van der Waals surface area contributed by atoms with Crippen molar-refractivity contribution in [3.63, 3.8) is 0 Å². The number of rotatable bonds is 30. The first-order chi connectivity index (χ1) is 32.8. The van der Waals surface area contributed by atoms with Gasteiger partial charge in [0.05, 0.1) is 41.7 Å². The van der Waals surface area contributed by atoms with Gasteiger partial charge in [0.25, 0.3) is 0 Å².